The second-order valence-electron chi connectivity index (χ2n) is 5.60. The quantitative estimate of drug-likeness (QED) is 0.813. The van der Waals surface area contributed by atoms with Crippen molar-refractivity contribution in [2.45, 2.75) is 46.3 Å². The number of nitrogens with one attached hydrogen (secondary N) is 1. The lowest BCUT2D eigenvalue weighted by Gasteiger charge is -2.16. The Morgan fingerprint density at radius 1 is 1.33 bits per heavy atom. The molecule has 0 aliphatic heterocycles. The highest BCUT2D eigenvalue weighted by Crippen LogP contribution is 2.22. The largest absolute Gasteiger partial charge is 0.478 e. The van der Waals surface area contributed by atoms with E-state index in [1.54, 1.807) is 19.9 Å². The molecule has 118 valence electrons. The predicted molar refractivity (Wildman–Crippen MR) is 79.6 cm³/mol. The molecule has 1 amide bonds. The van der Waals surface area contributed by atoms with Gasteiger partial charge in [0.25, 0.3) is 5.91 Å². The molecule has 0 saturated heterocycles. The monoisotopic (exact) mass is 297 g/mol. The van der Waals surface area contributed by atoms with Crippen LogP contribution in [-0.2, 0) is 4.79 Å². The van der Waals surface area contributed by atoms with Crippen molar-refractivity contribution in [1.29, 1.82) is 0 Å². The molecule has 21 heavy (non-hydrogen) atoms. The lowest BCUT2D eigenvalue weighted by molar-refractivity contribution is -0.127. The van der Waals surface area contributed by atoms with Gasteiger partial charge in [-0.1, -0.05) is 19.9 Å². The molecule has 0 heterocycles. The lowest BCUT2D eigenvalue weighted by Crippen LogP contribution is -2.37. The normalized spacial score (nSPS) is 13.9. The SMILES string of the molecule is CC(C)CCNC(=O)C(C)Oc1ccc([C@@H](C)O)cc1F. The minimum Gasteiger partial charge on any atom is -0.478 e. The molecule has 1 aromatic rings. The third kappa shape index (κ3) is 5.71. The maximum atomic E-state index is 13.8. The zero-order valence-electron chi connectivity index (χ0n) is 13.0. The summed E-state index contributed by atoms with van der Waals surface area (Å²) in [5.41, 5.74) is 0.467. The van der Waals surface area contributed by atoms with Gasteiger partial charge in [-0.3, -0.25) is 4.79 Å². The van der Waals surface area contributed by atoms with Gasteiger partial charge in [0.2, 0.25) is 0 Å². The molecule has 0 saturated carbocycles. The van der Waals surface area contributed by atoms with Gasteiger partial charge in [-0.05, 0) is 43.9 Å². The van der Waals surface area contributed by atoms with E-state index < -0.39 is 18.0 Å². The van der Waals surface area contributed by atoms with E-state index in [0.717, 1.165) is 6.42 Å². The molecule has 0 bridgehead atoms. The van der Waals surface area contributed by atoms with E-state index in [1.165, 1.54) is 12.1 Å². The van der Waals surface area contributed by atoms with Gasteiger partial charge in [0, 0.05) is 6.54 Å². The molecule has 0 spiro atoms. The van der Waals surface area contributed by atoms with Gasteiger partial charge >= 0.3 is 0 Å². The van der Waals surface area contributed by atoms with Crippen molar-refractivity contribution in [2.75, 3.05) is 6.54 Å². The maximum absolute atomic E-state index is 13.8. The number of hydrogen-bond acceptors (Lipinski definition) is 3. The molecule has 0 aromatic heterocycles. The van der Waals surface area contributed by atoms with Crippen molar-refractivity contribution in [3.63, 3.8) is 0 Å². The van der Waals surface area contributed by atoms with Crippen LogP contribution in [-0.4, -0.2) is 23.7 Å². The Labute approximate surface area is 125 Å². The average molecular weight is 297 g/mol. The Kier molecular flexibility index (Phi) is 6.62. The van der Waals surface area contributed by atoms with Crippen molar-refractivity contribution in [2.24, 2.45) is 5.92 Å². The molecule has 2 N–H and O–H groups in total. The van der Waals surface area contributed by atoms with Crippen LogP contribution in [0.4, 0.5) is 4.39 Å². The highest BCUT2D eigenvalue weighted by Gasteiger charge is 2.17. The van der Waals surface area contributed by atoms with E-state index in [9.17, 15) is 14.3 Å². The highest BCUT2D eigenvalue weighted by molar-refractivity contribution is 5.80. The summed E-state index contributed by atoms with van der Waals surface area (Å²) in [6, 6.07) is 4.21. The summed E-state index contributed by atoms with van der Waals surface area (Å²) in [4.78, 5) is 11.8. The van der Waals surface area contributed by atoms with Crippen LogP contribution in [0.25, 0.3) is 0 Å². The zero-order valence-corrected chi connectivity index (χ0v) is 13.0. The predicted octanol–water partition coefficient (Wildman–Crippen LogP) is 2.81. The number of carbonyl (C=O) groups excluding carboxylic acids is 1. The lowest BCUT2D eigenvalue weighted by atomic mass is 10.1. The van der Waals surface area contributed by atoms with Crippen LogP contribution >= 0.6 is 0 Å². The third-order valence-electron chi connectivity index (χ3n) is 3.13. The molecule has 1 unspecified atom stereocenters. The molecule has 1 aromatic carbocycles. The van der Waals surface area contributed by atoms with Gasteiger partial charge in [0.15, 0.2) is 17.7 Å². The van der Waals surface area contributed by atoms with Crippen LogP contribution in [0, 0.1) is 11.7 Å². The number of carbonyl (C=O) groups is 1. The van der Waals surface area contributed by atoms with Gasteiger partial charge < -0.3 is 15.2 Å². The van der Waals surface area contributed by atoms with Gasteiger partial charge in [-0.2, -0.15) is 0 Å². The standard InChI is InChI=1S/C16H24FNO3/c1-10(2)7-8-18-16(20)12(4)21-15-6-5-13(11(3)19)9-14(15)17/h5-6,9-12,19H,7-8H2,1-4H3,(H,18,20)/t11-,12?/m1/s1. The Balaban J connectivity index is 2.58. The van der Waals surface area contributed by atoms with Crippen molar-refractivity contribution in [1.82, 2.24) is 5.32 Å². The second kappa shape index (κ2) is 7.98. The van der Waals surface area contributed by atoms with E-state index in [1.807, 2.05) is 0 Å². The first-order chi connectivity index (χ1) is 9.81. The summed E-state index contributed by atoms with van der Waals surface area (Å²) in [5, 5.41) is 12.1. The molecule has 1 rings (SSSR count). The third-order valence-corrected chi connectivity index (χ3v) is 3.13. The molecule has 4 nitrogen and oxygen atoms in total. The van der Waals surface area contributed by atoms with E-state index in [0.29, 0.717) is 18.0 Å². The fraction of sp³-hybridized carbons (Fsp3) is 0.562. The molecule has 2 atom stereocenters. The van der Waals surface area contributed by atoms with Gasteiger partial charge in [0.1, 0.15) is 0 Å². The second-order valence-corrected chi connectivity index (χ2v) is 5.60. The minimum absolute atomic E-state index is 0.00547. The van der Waals surface area contributed by atoms with E-state index in [-0.39, 0.29) is 11.7 Å². The number of aliphatic hydroxyl groups is 1. The minimum atomic E-state index is -0.774. The van der Waals surface area contributed by atoms with Gasteiger partial charge in [-0.25, -0.2) is 4.39 Å². The van der Waals surface area contributed by atoms with Gasteiger partial charge in [-0.15, -0.1) is 0 Å². The number of hydrogen-bond donors (Lipinski definition) is 2. The number of aliphatic hydroxyl groups excluding tert-OH is 1. The molecule has 0 radical (unpaired) electrons. The Morgan fingerprint density at radius 2 is 2.00 bits per heavy atom. The van der Waals surface area contributed by atoms with Crippen molar-refractivity contribution < 1.29 is 19.0 Å². The fourth-order valence-electron chi connectivity index (χ4n) is 1.74. The molecular weight excluding hydrogens is 273 g/mol. The molecule has 0 aliphatic carbocycles. The van der Waals surface area contributed by atoms with Crippen molar-refractivity contribution >= 4 is 5.91 Å². The highest BCUT2D eigenvalue weighted by atomic mass is 19.1. The van der Waals surface area contributed by atoms with E-state index in [2.05, 4.69) is 19.2 Å². The summed E-state index contributed by atoms with van der Waals surface area (Å²) >= 11 is 0. The Bertz CT molecular complexity index is 475. The van der Waals surface area contributed by atoms with Gasteiger partial charge in [0.05, 0.1) is 6.10 Å². The topological polar surface area (TPSA) is 58.6 Å². The molecular formula is C16H24FNO3. The van der Waals surface area contributed by atoms with Crippen LogP contribution in [0.15, 0.2) is 18.2 Å². The van der Waals surface area contributed by atoms with Crippen molar-refractivity contribution in [3.8, 4) is 5.75 Å². The van der Waals surface area contributed by atoms with E-state index >= 15 is 0 Å². The van der Waals surface area contributed by atoms with Crippen LogP contribution in [0.5, 0.6) is 5.75 Å². The fourth-order valence-corrected chi connectivity index (χ4v) is 1.74. The number of benzene rings is 1. The summed E-state index contributed by atoms with van der Waals surface area (Å²) in [6.07, 6.45) is -0.634. The number of ether oxygens (including phenoxy) is 1. The zero-order chi connectivity index (χ0) is 16.0. The van der Waals surface area contributed by atoms with Crippen LogP contribution < -0.4 is 10.1 Å². The van der Waals surface area contributed by atoms with Crippen LogP contribution in [0.1, 0.15) is 45.8 Å². The van der Waals surface area contributed by atoms with Crippen LogP contribution in [0.2, 0.25) is 0 Å². The van der Waals surface area contributed by atoms with E-state index in [4.69, 9.17) is 4.74 Å². The maximum Gasteiger partial charge on any atom is 0.260 e. The summed E-state index contributed by atoms with van der Waals surface area (Å²) in [6.45, 7) is 7.86. The Morgan fingerprint density at radius 3 is 2.52 bits per heavy atom. The molecule has 0 fully saturated rings. The molecule has 0 aliphatic rings. The summed E-state index contributed by atoms with van der Waals surface area (Å²) in [7, 11) is 0. The van der Waals surface area contributed by atoms with Crippen LogP contribution in [0.3, 0.4) is 0 Å². The number of amides is 1. The summed E-state index contributed by atoms with van der Waals surface area (Å²) in [5.74, 6) is -0.345. The average Bonchev–Trinajstić information content (AvgIpc) is 2.40. The van der Waals surface area contributed by atoms with Crippen molar-refractivity contribution in [3.05, 3.63) is 29.6 Å². The first-order valence-corrected chi connectivity index (χ1v) is 7.23. The smallest absolute Gasteiger partial charge is 0.260 e. The number of halogens is 1. The first kappa shape index (κ1) is 17.4. The Hall–Kier alpha value is -1.62. The first-order valence-electron chi connectivity index (χ1n) is 7.23. The molecule has 5 heteroatoms. The summed E-state index contributed by atoms with van der Waals surface area (Å²) < 4.78 is 19.2. The number of rotatable bonds is 7.